The molecule has 1 aromatic heterocycles. The second-order valence-electron chi connectivity index (χ2n) is 5.32. The first-order chi connectivity index (χ1) is 9.74. The summed E-state index contributed by atoms with van der Waals surface area (Å²) in [5, 5.41) is 6.28. The normalized spacial score (nSPS) is 22.3. The van der Waals surface area contributed by atoms with Gasteiger partial charge in [0.2, 0.25) is 0 Å². The maximum Gasteiger partial charge on any atom is 0.269 e. The first-order valence-corrected chi connectivity index (χ1v) is 7.45. The average molecular weight is 276 g/mol. The molecule has 5 nitrogen and oxygen atoms in total. The van der Waals surface area contributed by atoms with E-state index in [1.165, 1.54) is 19.3 Å². The van der Waals surface area contributed by atoms with Crippen LogP contribution in [0.2, 0.25) is 0 Å². The number of carbonyl (C=O) groups is 1. The van der Waals surface area contributed by atoms with Crippen molar-refractivity contribution in [2.75, 3.05) is 18.4 Å². The minimum absolute atomic E-state index is 0.129. The molecule has 1 heterocycles. The quantitative estimate of drug-likeness (QED) is 0.765. The molecule has 0 bridgehead atoms. The maximum atomic E-state index is 11.8. The Morgan fingerprint density at radius 2 is 2.25 bits per heavy atom. The third-order valence-corrected chi connectivity index (χ3v) is 3.89. The van der Waals surface area contributed by atoms with Crippen molar-refractivity contribution in [1.29, 1.82) is 0 Å². The van der Waals surface area contributed by atoms with Gasteiger partial charge in [0, 0.05) is 24.5 Å². The minimum atomic E-state index is -0.129. The maximum absolute atomic E-state index is 11.8. The van der Waals surface area contributed by atoms with Crippen LogP contribution in [-0.2, 0) is 0 Å². The van der Waals surface area contributed by atoms with E-state index in [1.807, 2.05) is 19.1 Å². The first-order valence-electron chi connectivity index (χ1n) is 7.45. The number of hydrogen-bond acceptors (Lipinski definition) is 4. The Labute approximate surface area is 120 Å². The third kappa shape index (κ3) is 3.70. The molecule has 20 heavy (non-hydrogen) atoms. The summed E-state index contributed by atoms with van der Waals surface area (Å²) >= 11 is 0. The van der Waals surface area contributed by atoms with Gasteiger partial charge in [-0.3, -0.25) is 9.78 Å². The van der Waals surface area contributed by atoms with Crippen molar-refractivity contribution < 1.29 is 4.79 Å². The first kappa shape index (κ1) is 14.8. The number of carbonyl (C=O) groups excluding carboxylic acids is 1. The lowest BCUT2D eigenvalue weighted by Crippen LogP contribution is -2.36. The summed E-state index contributed by atoms with van der Waals surface area (Å²) in [6.45, 7) is 3.22. The van der Waals surface area contributed by atoms with Gasteiger partial charge in [0.1, 0.15) is 5.69 Å². The fraction of sp³-hybridized carbons (Fsp3) is 0.600. The molecule has 1 saturated carbocycles. The number of nitrogens with zero attached hydrogens (tertiary/aromatic N) is 1. The van der Waals surface area contributed by atoms with Crippen molar-refractivity contribution in [3.63, 3.8) is 0 Å². The van der Waals surface area contributed by atoms with Gasteiger partial charge in [-0.25, -0.2) is 0 Å². The minimum Gasteiger partial charge on any atom is -0.382 e. The van der Waals surface area contributed by atoms with Crippen LogP contribution in [0.1, 0.15) is 43.1 Å². The molecule has 0 aliphatic heterocycles. The van der Waals surface area contributed by atoms with Crippen LogP contribution in [0.5, 0.6) is 0 Å². The summed E-state index contributed by atoms with van der Waals surface area (Å²) in [6.07, 6.45) is 6.50. The van der Waals surface area contributed by atoms with Gasteiger partial charge in [0.05, 0.1) is 0 Å². The lowest BCUT2D eigenvalue weighted by Gasteiger charge is -2.32. The van der Waals surface area contributed by atoms with Crippen LogP contribution in [0.15, 0.2) is 18.3 Å². The van der Waals surface area contributed by atoms with Crippen LogP contribution in [0.3, 0.4) is 0 Å². The second-order valence-corrected chi connectivity index (χ2v) is 5.32. The summed E-state index contributed by atoms with van der Waals surface area (Å²) in [4.78, 5) is 15.9. The molecule has 110 valence electrons. The fourth-order valence-corrected chi connectivity index (χ4v) is 2.79. The van der Waals surface area contributed by atoms with Crippen molar-refractivity contribution in [2.24, 2.45) is 11.7 Å². The fourth-order valence-electron chi connectivity index (χ4n) is 2.79. The van der Waals surface area contributed by atoms with Gasteiger partial charge in [-0.05, 0) is 44.4 Å². The number of nitrogens with two attached hydrogens (primary N) is 1. The van der Waals surface area contributed by atoms with Crippen molar-refractivity contribution in [3.05, 3.63) is 24.0 Å². The summed E-state index contributed by atoms with van der Waals surface area (Å²) in [7, 11) is 0. The molecule has 4 N–H and O–H groups in total. The molecule has 0 radical (unpaired) electrons. The van der Waals surface area contributed by atoms with Crippen LogP contribution in [-0.4, -0.2) is 30.0 Å². The number of aromatic nitrogens is 1. The molecule has 1 aliphatic rings. The highest BCUT2D eigenvalue weighted by atomic mass is 16.1. The topological polar surface area (TPSA) is 80.0 Å². The number of amides is 1. The standard InChI is InChI=1S/C15H24N4O/c1-2-17-15(20)14-9-12(7-8-18-14)19-13-6-4-3-5-11(13)10-16/h7-9,11,13H,2-6,10,16H2,1H3,(H,17,20)(H,18,19). The van der Waals surface area contributed by atoms with E-state index < -0.39 is 0 Å². The van der Waals surface area contributed by atoms with Gasteiger partial charge in [-0.15, -0.1) is 0 Å². The molecule has 2 rings (SSSR count). The summed E-state index contributed by atoms with van der Waals surface area (Å²) in [5.74, 6) is 0.389. The SMILES string of the molecule is CCNC(=O)c1cc(NC2CCCCC2CN)ccn1. The Balaban J connectivity index is 2.05. The number of nitrogens with one attached hydrogen (secondary N) is 2. The van der Waals surface area contributed by atoms with Crippen LogP contribution in [0, 0.1) is 5.92 Å². The smallest absolute Gasteiger partial charge is 0.269 e. The summed E-state index contributed by atoms with van der Waals surface area (Å²) < 4.78 is 0. The molecular formula is C15H24N4O. The van der Waals surface area contributed by atoms with E-state index in [0.29, 0.717) is 30.7 Å². The lowest BCUT2D eigenvalue weighted by molar-refractivity contribution is 0.0951. The van der Waals surface area contributed by atoms with E-state index in [2.05, 4.69) is 15.6 Å². The lowest BCUT2D eigenvalue weighted by atomic mass is 9.84. The van der Waals surface area contributed by atoms with E-state index in [1.54, 1.807) is 6.20 Å². The number of anilines is 1. The van der Waals surface area contributed by atoms with Gasteiger partial charge in [-0.2, -0.15) is 0 Å². The molecule has 0 spiro atoms. The molecule has 1 amide bonds. The predicted molar refractivity (Wildman–Crippen MR) is 80.7 cm³/mol. The average Bonchev–Trinajstić information content (AvgIpc) is 2.48. The Bertz CT molecular complexity index is 449. The van der Waals surface area contributed by atoms with Crippen molar-refractivity contribution in [3.8, 4) is 0 Å². The van der Waals surface area contributed by atoms with Crippen LogP contribution >= 0.6 is 0 Å². The van der Waals surface area contributed by atoms with E-state index in [-0.39, 0.29) is 5.91 Å². The summed E-state index contributed by atoms with van der Waals surface area (Å²) in [5.41, 5.74) is 7.25. The molecular weight excluding hydrogens is 252 g/mol. The Morgan fingerprint density at radius 1 is 1.45 bits per heavy atom. The van der Waals surface area contributed by atoms with E-state index in [4.69, 9.17) is 5.73 Å². The number of hydrogen-bond donors (Lipinski definition) is 3. The van der Waals surface area contributed by atoms with E-state index in [0.717, 1.165) is 12.1 Å². The van der Waals surface area contributed by atoms with Crippen LogP contribution in [0.25, 0.3) is 0 Å². The van der Waals surface area contributed by atoms with Crippen molar-refractivity contribution in [1.82, 2.24) is 10.3 Å². The van der Waals surface area contributed by atoms with Crippen LogP contribution < -0.4 is 16.4 Å². The van der Waals surface area contributed by atoms with Crippen molar-refractivity contribution >= 4 is 11.6 Å². The van der Waals surface area contributed by atoms with Gasteiger partial charge < -0.3 is 16.4 Å². The Morgan fingerprint density at radius 3 is 3.00 bits per heavy atom. The number of rotatable bonds is 5. The molecule has 1 aliphatic carbocycles. The molecule has 1 aromatic rings. The highest BCUT2D eigenvalue weighted by Crippen LogP contribution is 2.26. The van der Waals surface area contributed by atoms with E-state index >= 15 is 0 Å². The Kier molecular flexibility index (Phi) is 5.35. The largest absolute Gasteiger partial charge is 0.382 e. The van der Waals surface area contributed by atoms with Gasteiger partial charge in [0.15, 0.2) is 0 Å². The zero-order valence-electron chi connectivity index (χ0n) is 12.1. The van der Waals surface area contributed by atoms with Gasteiger partial charge >= 0.3 is 0 Å². The highest BCUT2D eigenvalue weighted by molar-refractivity contribution is 5.93. The Hall–Kier alpha value is -1.62. The zero-order valence-corrected chi connectivity index (χ0v) is 12.1. The van der Waals surface area contributed by atoms with Crippen LogP contribution in [0.4, 0.5) is 5.69 Å². The van der Waals surface area contributed by atoms with Gasteiger partial charge in [0.25, 0.3) is 5.91 Å². The molecule has 0 saturated heterocycles. The zero-order chi connectivity index (χ0) is 14.4. The monoisotopic (exact) mass is 276 g/mol. The molecule has 0 aromatic carbocycles. The van der Waals surface area contributed by atoms with Crippen molar-refractivity contribution in [2.45, 2.75) is 38.6 Å². The number of pyridine rings is 1. The second kappa shape index (κ2) is 7.24. The molecule has 2 atom stereocenters. The van der Waals surface area contributed by atoms with Gasteiger partial charge in [-0.1, -0.05) is 12.8 Å². The summed E-state index contributed by atoms with van der Waals surface area (Å²) in [6, 6.07) is 4.12. The van der Waals surface area contributed by atoms with E-state index in [9.17, 15) is 4.79 Å². The molecule has 2 unspecified atom stereocenters. The highest BCUT2D eigenvalue weighted by Gasteiger charge is 2.23. The predicted octanol–water partition coefficient (Wildman–Crippen LogP) is 1.76. The third-order valence-electron chi connectivity index (χ3n) is 3.89. The molecule has 1 fully saturated rings. The molecule has 5 heteroatoms.